The fourth-order valence-corrected chi connectivity index (χ4v) is 1.16. The van der Waals surface area contributed by atoms with Gasteiger partial charge in [0.15, 0.2) is 0 Å². The van der Waals surface area contributed by atoms with Gasteiger partial charge in [-0.05, 0) is 6.92 Å². The highest BCUT2D eigenvalue weighted by molar-refractivity contribution is 6.04. The molecule has 0 aromatic heterocycles. The first-order valence-corrected chi connectivity index (χ1v) is 4.13. The number of aldehydes is 1. The number of amides is 3. The molecule has 0 saturated carbocycles. The van der Waals surface area contributed by atoms with Crippen molar-refractivity contribution in [2.24, 2.45) is 5.92 Å². The molecule has 1 heterocycles. The van der Waals surface area contributed by atoms with Crippen molar-refractivity contribution in [1.29, 1.82) is 0 Å². The predicted octanol–water partition coefficient (Wildman–Crippen LogP) is -0.238. The molecule has 1 saturated heterocycles. The Hall–Kier alpha value is -1.39. The Bertz CT molecular complexity index is 252. The standard InChI is InChI=1S/C8H12N2O3/c1-5(4-11)3-10-7(12)6(2)9-8(10)13/h4-6H,3H2,1-2H3,(H,9,13). The summed E-state index contributed by atoms with van der Waals surface area (Å²) in [5.41, 5.74) is 0. The topological polar surface area (TPSA) is 66.5 Å². The van der Waals surface area contributed by atoms with Crippen LogP contribution in [0.1, 0.15) is 13.8 Å². The normalized spacial score (nSPS) is 24.5. The van der Waals surface area contributed by atoms with E-state index in [0.29, 0.717) is 0 Å². The molecule has 0 spiro atoms. The van der Waals surface area contributed by atoms with Crippen LogP contribution in [0.5, 0.6) is 0 Å². The molecule has 1 N–H and O–H groups in total. The molecule has 2 unspecified atom stereocenters. The van der Waals surface area contributed by atoms with Crippen LogP contribution in [0, 0.1) is 5.92 Å². The van der Waals surface area contributed by atoms with Crippen LogP contribution in [0.2, 0.25) is 0 Å². The minimum atomic E-state index is -0.466. The van der Waals surface area contributed by atoms with E-state index in [4.69, 9.17) is 0 Å². The van der Waals surface area contributed by atoms with Crippen molar-refractivity contribution >= 4 is 18.2 Å². The molecule has 0 bridgehead atoms. The second kappa shape index (κ2) is 3.55. The van der Waals surface area contributed by atoms with E-state index in [2.05, 4.69) is 5.32 Å². The van der Waals surface area contributed by atoms with Crippen molar-refractivity contribution < 1.29 is 14.4 Å². The maximum atomic E-state index is 11.3. The SMILES string of the molecule is CC(C=O)CN1C(=O)NC(C)C1=O. The predicted molar refractivity (Wildman–Crippen MR) is 44.9 cm³/mol. The lowest BCUT2D eigenvalue weighted by atomic mass is 10.2. The quantitative estimate of drug-likeness (QED) is 0.486. The summed E-state index contributed by atoms with van der Waals surface area (Å²) < 4.78 is 0. The molecular weight excluding hydrogens is 172 g/mol. The van der Waals surface area contributed by atoms with Crippen LogP contribution in [-0.4, -0.2) is 35.7 Å². The molecule has 3 amide bonds. The third-order valence-electron chi connectivity index (χ3n) is 1.92. The van der Waals surface area contributed by atoms with E-state index < -0.39 is 12.1 Å². The van der Waals surface area contributed by atoms with Crippen LogP contribution >= 0.6 is 0 Å². The Balaban J connectivity index is 2.64. The van der Waals surface area contributed by atoms with Crippen LogP contribution in [0.3, 0.4) is 0 Å². The number of nitrogens with zero attached hydrogens (tertiary/aromatic N) is 1. The number of nitrogens with one attached hydrogen (secondary N) is 1. The average Bonchev–Trinajstić information content (AvgIpc) is 2.32. The van der Waals surface area contributed by atoms with E-state index in [-0.39, 0.29) is 18.4 Å². The van der Waals surface area contributed by atoms with Gasteiger partial charge in [-0.1, -0.05) is 6.92 Å². The Labute approximate surface area is 76.1 Å². The van der Waals surface area contributed by atoms with Crippen molar-refractivity contribution in [1.82, 2.24) is 10.2 Å². The summed E-state index contributed by atoms with van der Waals surface area (Å²) in [5, 5.41) is 2.47. The third-order valence-corrected chi connectivity index (χ3v) is 1.92. The van der Waals surface area contributed by atoms with Gasteiger partial charge in [0.1, 0.15) is 12.3 Å². The molecule has 2 atom stereocenters. The lowest BCUT2D eigenvalue weighted by molar-refractivity contribution is -0.127. The minimum Gasteiger partial charge on any atom is -0.326 e. The van der Waals surface area contributed by atoms with E-state index in [0.717, 1.165) is 11.2 Å². The van der Waals surface area contributed by atoms with E-state index in [1.54, 1.807) is 13.8 Å². The van der Waals surface area contributed by atoms with Gasteiger partial charge in [0.05, 0.1) is 0 Å². The van der Waals surface area contributed by atoms with Crippen molar-refractivity contribution in [2.75, 3.05) is 6.54 Å². The maximum Gasteiger partial charge on any atom is 0.324 e. The number of rotatable bonds is 3. The molecular formula is C8H12N2O3. The summed E-state index contributed by atoms with van der Waals surface area (Å²) in [6.45, 7) is 3.45. The summed E-state index contributed by atoms with van der Waals surface area (Å²) in [4.78, 5) is 33.8. The van der Waals surface area contributed by atoms with Crippen LogP contribution in [0.15, 0.2) is 0 Å². The van der Waals surface area contributed by atoms with Crippen molar-refractivity contribution in [3.8, 4) is 0 Å². The van der Waals surface area contributed by atoms with Crippen molar-refractivity contribution in [2.45, 2.75) is 19.9 Å². The number of carbonyl (C=O) groups excluding carboxylic acids is 3. The zero-order valence-corrected chi connectivity index (χ0v) is 7.61. The van der Waals surface area contributed by atoms with Gasteiger partial charge < -0.3 is 10.1 Å². The lowest BCUT2D eigenvalue weighted by Gasteiger charge is -2.13. The zero-order chi connectivity index (χ0) is 10.0. The summed E-state index contributed by atoms with van der Waals surface area (Å²) in [6.07, 6.45) is 0.726. The second-order valence-corrected chi connectivity index (χ2v) is 3.23. The molecule has 1 aliphatic rings. The largest absolute Gasteiger partial charge is 0.326 e. The van der Waals surface area contributed by atoms with Gasteiger partial charge in [0.2, 0.25) is 0 Å². The summed E-state index contributed by atoms with van der Waals surface area (Å²) in [5.74, 6) is -0.571. The fourth-order valence-electron chi connectivity index (χ4n) is 1.16. The van der Waals surface area contributed by atoms with Crippen LogP contribution in [-0.2, 0) is 9.59 Å². The maximum absolute atomic E-state index is 11.3. The van der Waals surface area contributed by atoms with E-state index in [1.807, 2.05) is 0 Å². The number of hydrogen-bond acceptors (Lipinski definition) is 3. The van der Waals surface area contributed by atoms with Gasteiger partial charge in [-0.25, -0.2) is 4.79 Å². The highest BCUT2D eigenvalue weighted by Crippen LogP contribution is 2.07. The highest BCUT2D eigenvalue weighted by atomic mass is 16.2. The Morgan fingerprint density at radius 1 is 1.62 bits per heavy atom. The molecule has 0 aromatic rings. The molecule has 1 rings (SSSR count). The van der Waals surface area contributed by atoms with Crippen LogP contribution in [0.25, 0.3) is 0 Å². The van der Waals surface area contributed by atoms with Gasteiger partial charge in [-0.3, -0.25) is 9.69 Å². The van der Waals surface area contributed by atoms with E-state index >= 15 is 0 Å². The summed E-state index contributed by atoms with van der Waals surface area (Å²) >= 11 is 0. The summed E-state index contributed by atoms with van der Waals surface area (Å²) in [6, 6.07) is -0.877. The van der Waals surface area contributed by atoms with Crippen molar-refractivity contribution in [3.05, 3.63) is 0 Å². The minimum absolute atomic E-state index is 0.165. The molecule has 5 nitrogen and oxygen atoms in total. The first-order valence-electron chi connectivity index (χ1n) is 4.13. The second-order valence-electron chi connectivity index (χ2n) is 3.23. The first-order chi connectivity index (χ1) is 6.06. The molecule has 5 heteroatoms. The van der Waals surface area contributed by atoms with Crippen LogP contribution in [0.4, 0.5) is 4.79 Å². The van der Waals surface area contributed by atoms with Gasteiger partial charge in [0, 0.05) is 12.5 Å². The van der Waals surface area contributed by atoms with E-state index in [1.165, 1.54) is 0 Å². The number of urea groups is 1. The molecule has 0 radical (unpaired) electrons. The van der Waals surface area contributed by atoms with Gasteiger partial charge in [0.25, 0.3) is 5.91 Å². The zero-order valence-electron chi connectivity index (χ0n) is 7.61. The van der Waals surface area contributed by atoms with Gasteiger partial charge in [-0.2, -0.15) is 0 Å². The first kappa shape index (κ1) is 9.70. The highest BCUT2D eigenvalue weighted by Gasteiger charge is 2.35. The average molecular weight is 184 g/mol. The Morgan fingerprint density at radius 2 is 2.23 bits per heavy atom. The Morgan fingerprint density at radius 3 is 2.62 bits per heavy atom. The number of hydrogen-bond donors (Lipinski definition) is 1. The number of carbonyl (C=O) groups is 3. The van der Waals surface area contributed by atoms with Crippen molar-refractivity contribution in [3.63, 3.8) is 0 Å². The number of imide groups is 1. The van der Waals surface area contributed by atoms with Gasteiger partial charge in [-0.15, -0.1) is 0 Å². The third kappa shape index (κ3) is 1.85. The Kier molecular flexibility index (Phi) is 2.65. The smallest absolute Gasteiger partial charge is 0.324 e. The van der Waals surface area contributed by atoms with E-state index in [9.17, 15) is 14.4 Å². The van der Waals surface area contributed by atoms with Crippen LogP contribution < -0.4 is 5.32 Å². The molecule has 72 valence electrons. The molecule has 0 aliphatic carbocycles. The molecule has 13 heavy (non-hydrogen) atoms. The summed E-state index contributed by atoms with van der Waals surface area (Å²) in [7, 11) is 0. The monoisotopic (exact) mass is 184 g/mol. The lowest BCUT2D eigenvalue weighted by Crippen LogP contribution is -2.35. The fraction of sp³-hybridized carbons (Fsp3) is 0.625. The van der Waals surface area contributed by atoms with Gasteiger partial charge >= 0.3 is 6.03 Å². The molecule has 1 fully saturated rings. The molecule has 0 aromatic carbocycles. The molecule has 1 aliphatic heterocycles.